The van der Waals surface area contributed by atoms with Crippen LogP contribution in [0.2, 0.25) is 0 Å². The maximum Gasteiger partial charge on any atom is 0.415 e. The summed E-state index contributed by atoms with van der Waals surface area (Å²) in [6.07, 6.45) is -1.08. The Balaban J connectivity index is 0.777. The number of amides is 8. The fourth-order valence-electron chi connectivity index (χ4n) is 11.9. The number of benzene rings is 5. The number of alkyl halides is 1. The number of H-pyrrole nitrogens is 2. The number of methoxy groups -OCH3 is 1. The highest BCUT2D eigenvalue weighted by Crippen LogP contribution is 2.49. The summed E-state index contributed by atoms with van der Waals surface area (Å²) in [5.74, 6) is -3.86. The van der Waals surface area contributed by atoms with E-state index in [9.17, 15) is 38.4 Å². The molecule has 88 heavy (non-hydrogen) atoms. The smallest absolute Gasteiger partial charge is 0.415 e. The van der Waals surface area contributed by atoms with E-state index in [2.05, 4.69) is 41.5 Å². The van der Waals surface area contributed by atoms with Gasteiger partial charge in [0.05, 0.1) is 35.1 Å². The summed E-state index contributed by atoms with van der Waals surface area (Å²) in [5, 5.41) is 15.3. The number of para-hydroxylation sites is 1. The topological polar surface area (TPSA) is 305 Å². The van der Waals surface area contributed by atoms with Crippen LogP contribution in [0.4, 0.5) is 31.4 Å². The molecule has 0 radical (unpaired) electrons. The van der Waals surface area contributed by atoms with E-state index in [0.29, 0.717) is 87.3 Å². The number of nitrogens with two attached hydrogens (primary N) is 1. The number of halogens is 1. The number of esters is 1. The summed E-state index contributed by atoms with van der Waals surface area (Å²) in [5.41, 5.74) is 13.1. The molecular weight excluding hydrogens is 1150 g/mol. The molecule has 8 aromatic rings. The fraction of sp³-hybridized carbons (Fsp3) is 0.312. The molecule has 456 valence electrons. The van der Waals surface area contributed by atoms with Crippen molar-refractivity contribution >= 4 is 109 Å². The number of aromatic nitrogens is 2. The largest absolute Gasteiger partial charge is 0.465 e. The second-order valence-electron chi connectivity index (χ2n) is 22.5. The van der Waals surface area contributed by atoms with Crippen LogP contribution >= 0.6 is 11.6 Å². The minimum Gasteiger partial charge on any atom is -0.465 e. The van der Waals surface area contributed by atoms with Gasteiger partial charge < -0.3 is 75.6 Å². The van der Waals surface area contributed by atoms with Crippen molar-refractivity contribution in [2.24, 2.45) is 11.7 Å². The Kier molecular flexibility index (Phi) is 17.2. The van der Waals surface area contributed by atoms with Gasteiger partial charge in [-0.15, -0.1) is 11.6 Å². The minimum atomic E-state index is -1.17. The number of likely N-dealkylation sites (N-methyl/N-ethyl adjacent to an activating group) is 1. The maximum atomic E-state index is 14.7. The average molecular weight is 1220 g/mol. The molecule has 3 aliphatic rings. The molecule has 5 aromatic carbocycles. The number of hydrogen-bond acceptors (Lipinski definition) is 13. The average Bonchev–Trinajstić information content (AvgIpc) is 1.59. The van der Waals surface area contributed by atoms with Crippen LogP contribution in [0.15, 0.2) is 108 Å². The number of hydrogen-bond donors (Lipinski definition) is 8. The first-order valence-electron chi connectivity index (χ1n) is 28.9. The number of anilines is 3. The first-order chi connectivity index (χ1) is 42.4. The van der Waals surface area contributed by atoms with E-state index in [4.69, 9.17) is 36.0 Å². The number of aryl methyl sites for hydroxylation is 1. The molecule has 2 aliphatic heterocycles. The molecule has 24 heteroatoms. The lowest BCUT2D eigenvalue weighted by Gasteiger charge is -2.31. The highest BCUT2D eigenvalue weighted by molar-refractivity contribution is 6.20. The number of nitrogens with zero attached hydrogens (tertiary/aromatic N) is 3. The first kappa shape index (κ1) is 59.8. The third kappa shape index (κ3) is 12.0. The van der Waals surface area contributed by atoms with Gasteiger partial charge in [-0.2, -0.15) is 0 Å². The van der Waals surface area contributed by atoms with Crippen molar-refractivity contribution in [3.05, 3.63) is 143 Å². The quantitative estimate of drug-likeness (QED) is 0.0226. The number of urea groups is 1. The Morgan fingerprint density at radius 2 is 1.53 bits per heavy atom. The first-order valence-corrected chi connectivity index (χ1v) is 29.5. The monoisotopic (exact) mass is 1220 g/mol. The van der Waals surface area contributed by atoms with Gasteiger partial charge in [0.2, 0.25) is 11.8 Å². The van der Waals surface area contributed by atoms with Crippen LogP contribution in [0, 0.1) is 12.8 Å². The third-order valence-electron chi connectivity index (χ3n) is 16.4. The van der Waals surface area contributed by atoms with Crippen LogP contribution < -0.4 is 42.0 Å². The second-order valence-corrected chi connectivity index (χ2v) is 22.9. The number of furan rings is 1. The zero-order valence-electron chi connectivity index (χ0n) is 49.0. The molecule has 1 saturated heterocycles. The van der Waals surface area contributed by atoms with E-state index in [1.54, 1.807) is 80.3 Å². The summed E-state index contributed by atoms with van der Waals surface area (Å²) in [6.45, 7) is 7.69. The number of ether oxygens (including phenoxy) is 3. The lowest BCUT2D eigenvalue weighted by atomic mass is 9.95. The van der Waals surface area contributed by atoms with E-state index in [1.165, 1.54) is 12.0 Å². The zero-order chi connectivity index (χ0) is 62.1. The molecule has 0 unspecified atom stereocenters. The molecule has 9 N–H and O–H groups in total. The predicted molar refractivity (Wildman–Crippen MR) is 331 cm³/mol. The number of rotatable bonds is 18. The maximum absolute atomic E-state index is 14.7. The van der Waals surface area contributed by atoms with E-state index in [0.717, 1.165) is 22.3 Å². The second kappa shape index (κ2) is 25.2. The number of nitrogens with one attached hydrogen (secondary N) is 7. The fourth-order valence-corrected chi connectivity index (χ4v) is 12.2. The van der Waals surface area contributed by atoms with Crippen molar-refractivity contribution in [1.82, 2.24) is 35.7 Å². The Morgan fingerprint density at radius 3 is 2.23 bits per heavy atom. The number of aromatic amines is 2. The number of carbonyl (C=O) groups is 8. The van der Waals surface area contributed by atoms with Crippen molar-refractivity contribution in [1.29, 1.82) is 0 Å². The van der Waals surface area contributed by atoms with Gasteiger partial charge in [-0.05, 0) is 96.9 Å². The van der Waals surface area contributed by atoms with Gasteiger partial charge >= 0.3 is 24.2 Å². The molecule has 23 nitrogen and oxygen atoms in total. The molecule has 1 fully saturated rings. The van der Waals surface area contributed by atoms with Crippen LogP contribution in [0.5, 0.6) is 5.75 Å². The summed E-state index contributed by atoms with van der Waals surface area (Å²) in [7, 11) is 3.25. The number of carbonyl (C=O) groups excluding carboxylic acids is 8. The van der Waals surface area contributed by atoms with Gasteiger partial charge in [0, 0.05) is 90.6 Å². The number of primary amides is 1. The molecule has 5 heterocycles. The van der Waals surface area contributed by atoms with Crippen molar-refractivity contribution in [3.63, 3.8) is 0 Å². The Hall–Kier alpha value is -9.87. The molecule has 0 saturated carbocycles. The number of fused-ring (bicyclic) bond motifs is 8. The van der Waals surface area contributed by atoms with E-state index < -0.39 is 71.7 Å². The molecule has 3 aromatic heterocycles. The van der Waals surface area contributed by atoms with Gasteiger partial charge in [-0.1, -0.05) is 74.5 Å². The highest BCUT2D eigenvalue weighted by atomic mass is 35.5. The summed E-state index contributed by atoms with van der Waals surface area (Å²) >= 11 is 6.62. The molecular formula is C64H66ClN11O12. The van der Waals surface area contributed by atoms with Crippen LogP contribution in [0.3, 0.4) is 0 Å². The molecule has 1 aliphatic carbocycles. The Morgan fingerprint density at radius 1 is 0.807 bits per heavy atom. The Labute approximate surface area is 509 Å². The van der Waals surface area contributed by atoms with Gasteiger partial charge in [-0.25, -0.2) is 19.2 Å². The van der Waals surface area contributed by atoms with Crippen LogP contribution in [0.25, 0.3) is 43.9 Å². The number of alkyl carbamates (subject to hydrolysis) is 1. The highest BCUT2D eigenvalue weighted by Gasteiger charge is 2.40. The normalized spacial score (nSPS) is 15.3. The Bertz CT molecular complexity index is 4040. The van der Waals surface area contributed by atoms with E-state index in [-0.39, 0.29) is 67.1 Å². The van der Waals surface area contributed by atoms with Crippen molar-refractivity contribution in [3.8, 4) is 16.9 Å². The van der Waals surface area contributed by atoms with Crippen molar-refractivity contribution in [2.45, 2.75) is 57.5 Å². The van der Waals surface area contributed by atoms with Gasteiger partial charge in [0.1, 0.15) is 30.0 Å². The number of piperazine rings is 1. The van der Waals surface area contributed by atoms with Crippen LogP contribution in [-0.4, -0.2) is 146 Å². The standard InChI is InChI=1S/C64H66ClN11O12/c1-33(2)54(73-63(83)86-32-43-41-15-8-6-13-39(41)40-14-7-9-16-42(40)43)59(79)72-45(18-11-21-67-62(66)82)57(77)71-44-17-10-12-35-27-46(70-55(35)44)58(78)69-38-19-20-48-36(26-38)28-50(87-48)60(80)76-31-37(30-65)52-47(76)29-49(88-64(84)75-24-22-74(4)23-25-75)56-53(52)51(34(3)68-56)61(81)85-5/h6-10,12-17,19-20,26-29,33,37,43,45,54,68,70H,11,18,21-25,30-32H2,1-5H3,(H,69,78)(H,71,77)(H,72,79)(H,73,83)(H3,66,67,82)/t37-,45+,54+/m1/s1. The van der Waals surface area contributed by atoms with Gasteiger partial charge in [-0.3, -0.25) is 19.2 Å². The van der Waals surface area contributed by atoms with Crippen LogP contribution in [-0.2, 0) is 19.1 Å². The molecule has 0 spiro atoms. The van der Waals surface area contributed by atoms with E-state index in [1.807, 2.05) is 55.6 Å². The van der Waals surface area contributed by atoms with Gasteiger partial charge in [0.25, 0.3) is 11.8 Å². The zero-order valence-corrected chi connectivity index (χ0v) is 49.7. The molecule has 8 amide bonds. The summed E-state index contributed by atoms with van der Waals surface area (Å²) < 4.78 is 23.2. The lowest BCUT2D eigenvalue weighted by Crippen LogP contribution is -2.54. The third-order valence-corrected chi connectivity index (χ3v) is 16.8. The van der Waals surface area contributed by atoms with Crippen molar-refractivity contribution in [2.75, 3.05) is 81.4 Å². The lowest BCUT2D eigenvalue weighted by molar-refractivity contribution is -0.128. The predicted octanol–water partition coefficient (Wildman–Crippen LogP) is 8.91. The molecule has 11 rings (SSSR count). The van der Waals surface area contributed by atoms with Crippen molar-refractivity contribution < 1.29 is 57.0 Å². The van der Waals surface area contributed by atoms with Gasteiger partial charge in [0.15, 0.2) is 11.5 Å². The molecule has 0 bridgehead atoms. The summed E-state index contributed by atoms with van der Waals surface area (Å²) in [4.78, 5) is 121. The van der Waals surface area contributed by atoms with E-state index >= 15 is 0 Å². The van der Waals surface area contributed by atoms with Crippen LogP contribution in [0.1, 0.15) is 92.3 Å². The molecule has 3 atom stereocenters. The minimum absolute atomic E-state index is 0.0290. The summed E-state index contributed by atoms with van der Waals surface area (Å²) in [6, 6.07) is 27.6. The SMILES string of the molecule is COC(=O)c1c(C)[nH]c2c(OC(=O)N3CCN(C)CC3)cc3c(c12)[C@H](CCl)CN3C(=O)c1cc2cc(NC(=O)c3cc4cccc(NC(=O)[C@H](CCCNC(N)=O)NC(=O)[C@@H](NC(=O)OCC5c6ccccc6-c6ccccc65)C(C)C)c4[nH]3)ccc2o1.